The maximum absolute atomic E-state index is 12.9. The van der Waals surface area contributed by atoms with Crippen LogP contribution in [0.1, 0.15) is 35.7 Å². The van der Waals surface area contributed by atoms with Gasteiger partial charge in [-0.3, -0.25) is 4.79 Å². The highest BCUT2D eigenvalue weighted by Gasteiger charge is 2.23. The zero-order chi connectivity index (χ0) is 17.0. The summed E-state index contributed by atoms with van der Waals surface area (Å²) in [5, 5.41) is 0. The third-order valence-corrected chi connectivity index (χ3v) is 3.65. The molecule has 0 saturated carbocycles. The molecule has 0 aliphatic rings. The molecule has 2 rings (SSSR count). The molecule has 0 fully saturated rings. The van der Waals surface area contributed by atoms with Crippen LogP contribution in [0.25, 0.3) is 0 Å². The van der Waals surface area contributed by atoms with Crippen LogP contribution in [0.15, 0.2) is 34.7 Å². The number of amides is 1. The van der Waals surface area contributed by atoms with Crippen LogP contribution in [0.2, 0.25) is 0 Å². The molecule has 0 unspecified atom stereocenters. The number of rotatable bonds is 6. The Bertz CT molecular complexity index is 675. The maximum Gasteiger partial charge on any atom is 0.258 e. The molecule has 23 heavy (non-hydrogen) atoms. The van der Waals surface area contributed by atoms with Crippen LogP contribution in [-0.2, 0) is 6.54 Å². The highest BCUT2D eigenvalue weighted by atomic mass is 16.5. The summed E-state index contributed by atoms with van der Waals surface area (Å²) in [4.78, 5) is 14.7. The van der Waals surface area contributed by atoms with Gasteiger partial charge in [0.15, 0.2) is 0 Å². The van der Waals surface area contributed by atoms with Crippen LogP contribution in [0, 0.1) is 6.92 Å². The number of hydrogen-bond acceptors (Lipinski definition) is 4. The third-order valence-electron chi connectivity index (χ3n) is 3.65. The second-order valence-electron chi connectivity index (χ2n) is 5.61. The van der Waals surface area contributed by atoms with E-state index in [0.29, 0.717) is 23.6 Å². The van der Waals surface area contributed by atoms with Crippen molar-refractivity contribution in [1.82, 2.24) is 4.90 Å². The van der Waals surface area contributed by atoms with Crippen LogP contribution in [-0.4, -0.2) is 31.1 Å². The van der Waals surface area contributed by atoms with Gasteiger partial charge in [-0.15, -0.1) is 0 Å². The lowest BCUT2D eigenvalue weighted by atomic mass is 10.1. The first-order chi connectivity index (χ1) is 11.0. The Balaban J connectivity index is 2.30. The second kappa shape index (κ2) is 7.22. The number of methoxy groups -OCH3 is 2. The van der Waals surface area contributed by atoms with E-state index in [0.717, 1.165) is 11.5 Å². The van der Waals surface area contributed by atoms with E-state index in [1.807, 2.05) is 32.9 Å². The normalized spacial score (nSPS) is 10.7. The minimum atomic E-state index is -0.103. The minimum Gasteiger partial charge on any atom is -0.497 e. The Labute approximate surface area is 136 Å². The van der Waals surface area contributed by atoms with Crippen LogP contribution in [0.5, 0.6) is 11.5 Å². The zero-order valence-corrected chi connectivity index (χ0v) is 14.3. The molecule has 5 nitrogen and oxygen atoms in total. The van der Waals surface area contributed by atoms with Crippen molar-refractivity contribution in [1.29, 1.82) is 0 Å². The lowest BCUT2D eigenvalue weighted by Crippen LogP contribution is -2.36. The summed E-state index contributed by atoms with van der Waals surface area (Å²) in [6.45, 7) is 6.25. The molecule has 0 bridgehead atoms. The molecular formula is C18H23NO4. The van der Waals surface area contributed by atoms with Gasteiger partial charge in [0, 0.05) is 12.1 Å². The molecule has 1 aromatic heterocycles. The van der Waals surface area contributed by atoms with E-state index >= 15 is 0 Å². The van der Waals surface area contributed by atoms with E-state index in [1.165, 1.54) is 0 Å². The average Bonchev–Trinajstić information content (AvgIpc) is 2.96. The van der Waals surface area contributed by atoms with Crippen molar-refractivity contribution in [2.75, 3.05) is 14.2 Å². The Kier molecular flexibility index (Phi) is 5.32. The number of benzene rings is 1. The van der Waals surface area contributed by atoms with E-state index in [4.69, 9.17) is 13.9 Å². The van der Waals surface area contributed by atoms with Crippen LogP contribution in [0.3, 0.4) is 0 Å². The Morgan fingerprint density at radius 1 is 1.17 bits per heavy atom. The predicted octanol–water partition coefficient (Wildman–Crippen LogP) is 3.66. The van der Waals surface area contributed by atoms with Crippen LogP contribution in [0.4, 0.5) is 0 Å². The smallest absolute Gasteiger partial charge is 0.258 e. The van der Waals surface area contributed by atoms with Gasteiger partial charge in [0.2, 0.25) is 0 Å². The minimum absolute atomic E-state index is 0.0275. The second-order valence-corrected chi connectivity index (χ2v) is 5.61. The van der Waals surface area contributed by atoms with E-state index in [1.54, 1.807) is 37.3 Å². The van der Waals surface area contributed by atoms with Gasteiger partial charge in [-0.1, -0.05) is 0 Å². The molecule has 0 N–H and O–H groups in total. The fraction of sp³-hybridized carbons (Fsp3) is 0.389. The third kappa shape index (κ3) is 3.86. The lowest BCUT2D eigenvalue weighted by molar-refractivity contribution is 0.0672. The van der Waals surface area contributed by atoms with Gasteiger partial charge < -0.3 is 18.8 Å². The monoisotopic (exact) mass is 317 g/mol. The summed E-state index contributed by atoms with van der Waals surface area (Å²) in [7, 11) is 3.12. The molecule has 0 radical (unpaired) electrons. The molecule has 1 heterocycles. The number of furan rings is 1. The Morgan fingerprint density at radius 2 is 1.91 bits per heavy atom. The highest BCUT2D eigenvalue weighted by Crippen LogP contribution is 2.27. The van der Waals surface area contributed by atoms with Gasteiger partial charge in [0.1, 0.15) is 23.0 Å². The number of aryl methyl sites for hydroxylation is 1. The Hall–Kier alpha value is -2.43. The fourth-order valence-electron chi connectivity index (χ4n) is 2.36. The molecule has 1 aromatic carbocycles. The molecule has 0 aliphatic heterocycles. The zero-order valence-electron chi connectivity index (χ0n) is 14.3. The fourth-order valence-corrected chi connectivity index (χ4v) is 2.36. The molecular weight excluding hydrogens is 294 g/mol. The van der Waals surface area contributed by atoms with Crippen molar-refractivity contribution in [2.24, 2.45) is 0 Å². The summed E-state index contributed by atoms with van der Waals surface area (Å²) in [5.41, 5.74) is 0.505. The van der Waals surface area contributed by atoms with Crippen molar-refractivity contribution in [3.8, 4) is 11.5 Å². The van der Waals surface area contributed by atoms with Gasteiger partial charge in [-0.05, 0) is 45.0 Å². The van der Waals surface area contributed by atoms with E-state index < -0.39 is 0 Å². The summed E-state index contributed by atoms with van der Waals surface area (Å²) < 4.78 is 16.1. The van der Waals surface area contributed by atoms with Crippen LogP contribution >= 0.6 is 0 Å². The first kappa shape index (κ1) is 16.9. The largest absolute Gasteiger partial charge is 0.497 e. The van der Waals surface area contributed by atoms with Gasteiger partial charge in [0.25, 0.3) is 5.91 Å². The highest BCUT2D eigenvalue weighted by molar-refractivity contribution is 5.97. The summed E-state index contributed by atoms with van der Waals surface area (Å²) in [6.07, 6.45) is 0. The molecule has 0 atom stereocenters. The van der Waals surface area contributed by atoms with E-state index in [2.05, 4.69) is 0 Å². The number of nitrogens with zero attached hydrogens (tertiary/aromatic N) is 1. The molecule has 2 aromatic rings. The molecule has 0 saturated heterocycles. The maximum atomic E-state index is 12.9. The SMILES string of the molecule is COc1ccc(C(=O)N(Cc2ccc(C)o2)C(C)C)c(OC)c1. The van der Waals surface area contributed by atoms with Gasteiger partial charge in [-0.25, -0.2) is 0 Å². The van der Waals surface area contributed by atoms with E-state index in [-0.39, 0.29) is 11.9 Å². The average molecular weight is 317 g/mol. The first-order valence-corrected chi connectivity index (χ1v) is 7.54. The van der Waals surface area contributed by atoms with Gasteiger partial charge >= 0.3 is 0 Å². The molecule has 0 aliphatic carbocycles. The molecule has 1 amide bonds. The number of ether oxygens (including phenoxy) is 2. The number of hydrogen-bond donors (Lipinski definition) is 0. The van der Waals surface area contributed by atoms with Crippen molar-refractivity contribution in [2.45, 2.75) is 33.4 Å². The molecule has 0 spiro atoms. The van der Waals surface area contributed by atoms with Crippen molar-refractivity contribution in [3.05, 3.63) is 47.4 Å². The van der Waals surface area contributed by atoms with Crippen molar-refractivity contribution in [3.63, 3.8) is 0 Å². The summed E-state index contributed by atoms with van der Waals surface area (Å²) >= 11 is 0. The van der Waals surface area contributed by atoms with Crippen LogP contribution < -0.4 is 9.47 Å². The standard InChI is InChI=1S/C18H23NO4/c1-12(2)19(11-15-7-6-13(3)23-15)18(20)16-9-8-14(21-4)10-17(16)22-5/h6-10,12H,11H2,1-5H3. The summed E-state index contributed by atoms with van der Waals surface area (Å²) in [5.74, 6) is 2.63. The Morgan fingerprint density at radius 3 is 2.43 bits per heavy atom. The summed E-state index contributed by atoms with van der Waals surface area (Å²) in [6, 6.07) is 9.01. The topological polar surface area (TPSA) is 51.9 Å². The quantitative estimate of drug-likeness (QED) is 0.816. The number of carbonyl (C=O) groups is 1. The number of carbonyl (C=O) groups excluding carboxylic acids is 1. The molecule has 124 valence electrons. The van der Waals surface area contributed by atoms with Crippen molar-refractivity contribution >= 4 is 5.91 Å². The van der Waals surface area contributed by atoms with E-state index in [9.17, 15) is 4.79 Å². The van der Waals surface area contributed by atoms with Gasteiger partial charge in [-0.2, -0.15) is 0 Å². The predicted molar refractivity (Wildman–Crippen MR) is 88.0 cm³/mol. The lowest BCUT2D eigenvalue weighted by Gasteiger charge is -2.26. The van der Waals surface area contributed by atoms with Crippen molar-refractivity contribution < 1.29 is 18.7 Å². The molecule has 5 heteroatoms. The first-order valence-electron chi connectivity index (χ1n) is 7.54. The van der Waals surface area contributed by atoms with Gasteiger partial charge in [0.05, 0.1) is 26.3 Å².